The van der Waals surface area contributed by atoms with E-state index in [4.69, 9.17) is 9.47 Å². The van der Waals surface area contributed by atoms with Crippen molar-refractivity contribution in [3.63, 3.8) is 0 Å². The summed E-state index contributed by atoms with van der Waals surface area (Å²) in [6, 6.07) is 0. The van der Waals surface area contributed by atoms with Gasteiger partial charge in [-0.3, -0.25) is 9.59 Å². The molecule has 3 fully saturated rings. The van der Waals surface area contributed by atoms with Gasteiger partial charge in [0.05, 0.1) is 19.1 Å². The minimum Gasteiger partial charge on any atom is -0.465 e. The van der Waals surface area contributed by atoms with Gasteiger partial charge < -0.3 is 19.5 Å². The zero-order chi connectivity index (χ0) is 47.1. The highest BCUT2D eigenvalue weighted by Gasteiger charge is 2.57. The van der Waals surface area contributed by atoms with E-state index in [-0.39, 0.29) is 36.0 Å². The lowest BCUT2D eigenvalue weighted by atomic mass is 9.50. The lowest BCUT2D eigenvalue weighted by Crippen LogP contribution is -2.46. The molecule has 0 radical (unpaired) electrons. The van der Waals surface area contributed by atoms with Crippen molar-refractivity contribution in [3.05, 3.63) is 35.5 Å². The molecule has 0 bridgehead atoms. The Hall–Kier alpha value is -1.92. The standard InChI is InChI=1S/C59H103NO5/c1-9-11-13-15-16-22-28-49(27-21-14-12-10-2)57(63)64-44-26-20-19-25-41-60(42-43-61)40-24-18-17-23-29-56(62)65-51-36-38-58(7)50(45-51)32-33-52-54-35-34-53(59(54,8)39-37-55(52)58)48(6)31-30-47(5)46(3)4/h30-33,46-49,51,53-55,61H,9-29,34-45H2,1-8H3/b31-30+. The molecule has 0 heterocycles. The van der Waals surface area contributed by atoms with Crippen LogP contribution in [0.15, 0.2) is 35.5 Å². The van der Waals surface area contributed by atoms with Crippen LogP contribution in [0.5, 0.6) is 0 Å². The number of aliphatic hydroxyl groups is 1. The molecule has 4 aliphatic carbocycles. The minimum atomic E-state index is -0.0188. The zero-order valence-electron chi connectivity index (χ0n) is 43.8. The first-order valence-electron chi connectivity index (χ1n) is 28.2. The van der Waals surface area contributed by atoms with Crippen molar-refractivity contribution in [2.45, 2.75) is 241 Å². The number of hydrogen-bond donors (Lipinski definition) is 1. The molecule has 0 amide bonds. The maximum atomic E-state index is 13.1. The second-order valence-electron chi connectivity index (χ2n) is 22.7. The highest BCUT2D eigenvalue weighted by Crippen LogP contribution is 2.66. The maximum absolute atomic E-state index is 13.1. The van der Waals surface area contributed by atoms with Crippen LogP contribution in [-0.4, -0.2) is 60.9 Å². The third-order valence-corrected chi connectivity index (χ3v) is 17.6. The van der Waals surface area contributed by atoms with Gasteiger partial charge in [-0.25, -0.2) is 0 Å². The Morgan fingerprint density at radius 3 is 2.03 bits per heavy atom. The first-order chi connectivity index (χ1) is 31.4. The monoisotopic (exact) mass is 906 g/mol. The van der Waals surface area contributed by atoms with Crippen LogP contribution in [0.3, 0.4) is 0 Å². The Balaban J connectivity index is 1.08. The molecule has 0 spiro atoms. The minimum absolute atomic E-state index is 0.0154. The molecule has 0 aromatic carbocycles. The Kier molecular flexibility index (Phi) is 25.6. The summed E-state index contributed by atoms with van der Waals surface area (Å²) < 4.78 is 12.0. The molecular weight excluding hydrogens is 803 g/mol. The number of carbonyl (C=O) groups excluding carboxylic acids is 2. The number of aliphatic hydroxyl groups excluding tert-OH is 1. The van der Waals surface area contributed by atoms with Gasteiger partial charge in [0.1, 0.15) is 6.10 Å². The fourth-order valence-corrected chi connectivity index (χ4v) is 12.8. The van der Waals surface area contributed by atoms with E-state index in [1.54, 1.807) is 5.57 Å². The molecule has 3 saturated carbocycles. The van der Waals surface area contributed by atoms with Crippen LogP contribution in [0.2, 0.25) is 0 Å². The Morgan fingerprint density at radius 1 is 0.723 bits per heavy atom. The number of fused-ring (bicyclic) bond motifs is 5. The van der Waals surface area contributed by atoms with E-state index in [9.17, 15) is 14.7 Å². The van der Waals surface area contributed by atoms with Crippen LogP contribution < -0.4 is 0 Å². The van der Waals surface area contributed by atoms with Gasteiger partial charge in [0.2, 0.25) is 0 Å². The van der Waals surface area contributed by atoms with Gasteiger partial charge >= 0.3 is 11.9 Å². The van der Waals surface area contributed by atoms with Gasteiger partial charge in [0, 0.05) is 19.4 Å². The predicted octanol–water partition coefficient (Wildman–Crippen LogP) is 15.6. The van der Waals surface area contributed by atoms with Gasteiger partial charge in [0.15, 0.2) is 0 Å². The van der Waals surface area contributed by atoms with E-state index in [2.05, 4.69) is 84.6 Å². The first-order valence-corrected chi connectivity index (χ1v) is 28.2. The molecule has 4 rings (SSSR count). The van der Waals surface area contributed by atoms with Crippen molar-refractivity contribution in [3.8, 4) is 0 Å². The summed E-state index contributed by atoms with van der Waals surface area (Å²) in [5.74, 6) is 4.17. The second kappa shape index (κ2) is 29.9. The number of ether oxygens (including phenoxy) is 2. The number of hydrogen-bond acceptors (Lipinski definition) is 6. The molecule has 0 aliphatic heterocycles. The highest BCUT2D eigenvalue weighted by atomic mass is 16.5. The van der Waals surface area contributed by atoms with Crippen LogP contribution in [-0.2, 0) is 19.1 Å². The summed E-state index contributed by atoms with van der Waals surface area (Å²) >= 11 is 0. The number of rotatable bonds is 34. The molecule has 1 N–H and O–H groups in total. The van der Waals surface area contributed by atoms with Gasteiger partial charge in [0.25, 0.3) is 0 Å². The van der Waals surface area contributed by atoms with Gasteiger partial charge in [-0.05, 0) is 136 Å². The van der Waals surface area contributed by atoms with Crippen molar-refractivity contribution < 1.29 is 24.2 Å². The van der Waals surface area contributed by atoms with Crippen LogP contribution in [0.1, 0.15) is 235 Å². The van der Waals surface area contributed by atoms with Gasteiger partial charge in [-0.2, -0.15) is 0 Å². The Morgan fingerprint density at radius 2 is 1.35 bits per heavy atom. The number of esters is 2. The topological polar surface area (TPSA) is 76.1 Å². The van der Waals surface area contributed by atoms with Crippen molar-refractivity contribution in [2.24, 2.45) is 52.3 Å². The summed E-state index contributed by atoms with van der Waals surface area (Å²) in [5, 5.41) is 9.71. The Labute approximate surface area is 401 Å². The lowest BCUT2D eigenvalue weighted by molar-refractivity contribution is -0.151. The molecule has 0 aromatic heterocycles. The molecule has 9 atom stereocenters. The molecule has 0 aromatic rings. The summed E-state index contributed by atoms with van der Waals surface area (Å²) in [4.78, 5) is 28.4. The third kappa shape index (κ3) is 17.5. The van der Waals surface area contributed by atoms with Crippen molar-refractivity contribution in [2.75, 3.05) is 32.8 Å². The maximum Gasteiger partial charge on any atom is 0.308 e. The molecule has 6 heteroatoms. The van der Waals surface area contributed by atoms with Crippen molar-refractivity contribution >= 4 is 11.9 Å². The summed E-state index contributed by atoms with van der Waals surface area (Å²) in [6.45, 7) is 22.6. The number of unbranched alkanes of at least 4 members (excludes halogenated alkanes) is 14. The fraction of sp³-hybridized carbons (Fsp3) is 0.864. The summed E-state index contributed by atoms with van der Waals surface area (Å²) in [7, 11) is 0. The molecule has 374 valence electrons. The van der Waals surface area contributed by atoms with E-state index in [1.165, 1.54) is 82.6 Å². The largest absolute Gasteiger partial charge is 0.465 e. The van der Waals surface area contributed by atoms with Gasteiger partial charge in [-0.1, -0.05) is 181 Å². The average Bonchev–Trinajstić information content (AvgIpc) is 3.65. The first kappa shape index (κ1) is 55.7. The zero-order valence-corrected chi connectivity index (χ0v) is 43.8. The average molecular weight is 906 g/mol. The molecule has 6 nitrogen and oxygen atoms in total. The lowest BCUT2D eigenvalue weighted by Gasteiger charge is -2.55. The smallest absolute Gasteiger partial charge is 0.308 e. The third-order valence-electron chi connectivity index (χ3n) is 17.6. The van der Waals surface area contributed by atoms with E-state index in [0.717, 1.165) is 115 Å². The highest BCUT2D eigenvalue weighted by molar-refractivity contribution is 5.72. The summed E-state index contributed by atoms with van der Waals surface area (Å²) in [6.07, 6.45) is 41.6. The molecule has 65 heavy (non-hydrogen) atoms. The normalized spacial score (nSPS) is 26.6. The van der Waals surface area contributed by atoms with Crippen LogP contribution in [0.4, 0.5) is 0 Å². The second-order valence-corrected chi connectivity index (χ2v) is 22.7. The SMILES string of the molecule is CCCCCCCCC(CCCCCC)C(=O)OCCCCCCN(CCO)CCCCCCC(=O)OC1CCC2(C)C(=CC=C3C2CCC2(C)C3CCC2C(C)/C=C/C(C)C(C)C)C1. The van der Waals surface area contributed by atoms with E-state index < -0.39 is 0 Å². The molecule has 0 saturated heterocycles. The van der Waals surface area contributed by atoms with Crippen molar-refractivity contribution in [1.29, 1.82) is 0 Å². The van der Waals surface area contributed by atoms with Crippen LogP contribution >= 0.6 is 0 Å². The number of nitrogens with zero attached hydrogens (tertiary/aromatic N) is 1. The molecule has 9 unspecified atom stereocenters. The molecule has 4 aliphatic rings. The predicted molar refractivity (Wildman–Crippen MR) is 274 cm³/mol. The van der Waals surface area contributed by atoms with E-state index in [1.807, 2.05) is 0 Å². The Bertz CT molecular complexity index is 1450. The van der Waals surface area contributed by atoms with E-state index in [0.29, 0.717) is 54.6 Å². The number of allylic oxidation sites excluding steroid dienone is 5. The van der Waals surface area contributed by atoms with E-state index >= 15 is 0 Å². The quantitative estimate of drug-likeness (QED) is 0.0394. The molecular formula is C59H103NO5. The van der Waals surface area contributed by atoms with Crippen LogP contribution in [0, 0.1) is 52.3 Å². The number of carbonyl (C=O) groups is 2. The van der Waals surface area contributed by atoms with Gasteiger partial charge in [-0.15, -0.1) is 0 Å². The summed E-state index contributed by atoms with van der Waals surface area (Å²) in [5.41, 5.74) is 3.87. The van der Waals surface area contributed by atoms with Crippen LogP contribution in [0.25, 0.3) is 0 Å². The van der Waals surface area contributed by atoms with Crippen molar-refractivity contribution in [1.82, 2.24) is 4.90 Å². The fourth-order valence-electron chi connectivity index (χ4n) is 12.8.